The molecule has 0 unspecified atom stereocenters. The van der Waals surface area contributed by atoms with Crippen molar-refractivity contribution in [3.63, 3.8) is 0 Å². The molecule has 0 aromatic rings. The summed E-state index contributed by atoms with van der Waals surface area (Å²) in [6.07, 6.45) is 48.6. The molecule has 0 bridgehead atoms. The maximum atomic E-state index is 5.87. The van der Waals surface area contributed by atoms with Crippen LogP contribution in [-0.2, 0) is 9.47 Å². The average molecular weight is 595 g/mol. The van der Waals surface area contributed by atoms with Gasteiger partial charge in [-0.25, -0.2) is 0 Å². The van der Waals surface area contributed by atoms with Crippen molar-refractivity contribution in [1.82, 2.24) is 0 Å². The first-order valence-electron chi connectivity index (χ1n) is 20.1. The lowest BCUT2D eigenvalue weighted by Crippen LogP contribution is -1.97. The van der Waals surface area contributed by atoms with Gasteiger partial charge in [0.05, 0.1) is 0 Å². The van der Waals surface area contributed by atoms with Gasteiger partial charge in [0.1, 0.15) is 0 Å². The van der Waals surface area contributed by atoms with E-state index in [1.54, 1.807) is 0 Å². The Bertz CT molecular complexity index is 392. The van der Waals surface area contributed by atoms with Crippen molar-refractivity contribution in [1.29, 1.82) is 0 Å². The minimum Gasteiger partial charge on any atom is -0.381 e. The number of unbranched alkanes of at least 4 members (excludes halogenated alkanes) is 30. The van der Waals surface area contributed by atoms with Crippen LogP contribution in [0.15, 0.2) is 0 Å². The monoisotopic (exact) mass is 595 g/mol. The first-order chi connectivity index (χ1) is 20.9. The summed E-state index contributed by atoms with van der Waals surface area (Å²) in [7, 11) is 0. The highest BCUT2D eigenvalue weighted by Crippen LogP contribution is 2.15. The van der Waals surface area contributed by atoms with Gasteiger partial charge < -0.3 is 9.47 Å². The molecule has 1 aliphatic heterocycles. The van der Waals surface area contributed by atoms with Crippen molar-refractivity contribution in [3.05, 3.63) is 0 Å². The predicted octanol–water partition coefficient (Wildman–Crippen LogP) is 14.3. The highest BCUT2D eigenvalue weighted by Gasteiger charge is 1.97. The number of ether oxygens (including phenoxy) is 2. The van der Waals surface area contributed by atoms with Gasteiger partial charge in [0, 0.05) is 26.4 Å². The Kier molecular flexibility index (Phi) is 40.8. The molecular formula is C40H82O2. The Hall–Kier alpha value is -0.0800. The van der Waals surface area contributed by atoms with Crippen LogP contribution in [-0.4, -0.2) is 26.4 Å². The zero-order valence-electron chi connectivity index (χ0n) is 29.7. The van der Waals surface area contributed by atoms with E-state index in [0.717, 1.165) is 26.4 Å². The van der Waals surface area contributed by atoms with Gasteiger partial charge in [0.2, 0.25) is 0 Å². The van der Waals surface area contributed by atoms with E-state index in [1.165, 1.54) is 218 Å². The Morgan fingerprint density at radius 1 is 0.310 bits per heavy atom. The van der Waals surface area contributed by atoms with E-state index in [4.69, 9.17) is 9.47 Å². The molecule has 1 aliphatic rings. The smallest absolute Gasteiger partial charge is 0.0466 e. The van der Waals surface area contributed by atoms with E-state index in [9.17, 15) is 0 Å². The first kappa shape index (κ1) is 41.9. The second-order valence-corrected chi connectivity index (χ2v) is 13.5. The van der Waals surface area contributed by atoms with Crippen LogP contribution in [0.3, 0.4) is 0 Å². The van der Waals surface area contributed by atoms with E-state index in [-0.39, 0.29) is 0 Å². The minimum absolute atomic E-state index is 0.997. The molecule has 0 N–H and O–H groups in total. The van der Waals surface area contributed by atoms with Gasteiger partial charge in [-0.1, -0.05) is 206 Å². The molecule has 42 heavy (non-hydrogen) atoms. The highest BCUT2D eigenvalue weighted by molar-refractivity contribution is 4.52. The van der Waals surface area contributed by atoms with Crippen LogP contribution < -0.4 is 0 Å². The number of rotatable bonds is 34. The molecule has 2 nitrogen and oxygen atoms in total. The molecule has 0 saturated carbocycles. The molecule has 254 valence electrons. The van der Waals surface area contributed by atoms with Crippen molar-refractivity contribution < 1.29 is 9.47 Å². The predicted molar refractivity (Wildman–Crippen MR) is 190 cm³/mol. The second kappa shape index (κ2) is 40.9. The van der Waals surface area contributed by atoms with Gasteiger partial charge in [-0.2, -0.15) is 0 Å². The summed E-state index contributed by atoms with van der Waals surface area (Å²) < 4.78 is 10.8. The van der Waals surface area contributed by atoms with Gasteiger partial charge >= 0.3 is 0 Å². The average Bonchev–Trinajstić information content (AvgIpc) is 3.60. The van der Waals surface area contributed by atoms with Crippen LogP contribution >= 0.6 is 0 Å². The maximum Gasteiger partial charge on any atom is 0.0466 e. The van der Waals surface area contributed by atoms with E-state index < -0.39 is 0 Å². The molecule has 0 aliphatic carbocycles. The lowest BCUT2D eigenvalue weighted by Gasteiger charge is -2.06. The van der Waals surface area contributed by atoms with Crippen molar-refractivity contribution in [3.8, 4) is 0 Å². The zero-order chi connectivity index (χ0) is 30.3. The lowest BCUT2D eigenvalue weighted by molar-refractivity contribution is 0.125. The van der Waals surface area contributed by atoms with E-state index >= 15 is 0 Å². The molecule has 2 heteroatoms. The third kappa shape index (κ3) is 39.9. The molecule has 0 spiro atoms. The molecule has 1 fully saturated rings. The Balaban J connectivity index is 0.00000301. The standard InChI is InChI=1S/C36H74O.C4H8O/c1-3-5-7-9-11-13-15-17-19-21-23-25-27-29-31-33-35-37-36-34-32-30-28-26-24-22-20-18-16-14-12-10-8-6-4-2;1-2-4-5-3-1/h3-36H2,1-2H3;1-4H2. The summed E-state index contributed by atoms with van der Waals surface area (Å²) in [5, 5.41) is 0. The van der Waals surface area contributed by atoms with Gasteiger partial charge in [-0.05, 0) is 25.7 Å². The Morgan fingerprint density at radius 2 is 0.524 bits per heavy atom. The fourth-order valence-corrected chi connectivity index (χ4v) is 6.12. The summed E-state index contributed by atoms with van der Waals surface area (Å²) in [5.74, 6) is 0. The van der Waals surface area contributed by atoms with Gasteiger partial charge in [0.15, 0.2) is 0 Å². The quantitative estimate of drug-likeness (QED) is 0.0690. The summed E-state index contributed by atoms with van der Waals surface area (Å²) >= 11 is 0. The largest absolute Gasteiger partial charge is 0.381 e. The molecule has 1 heterocycles. The van der Waals surface area contributed by atoms with Crippen molar-refractivity contribution >= 4 is 0 Å². The molecule has 0 aromatic heterocycles. The fraction of sp³-hybridized carbons (Fsp3) is 1.00. The molecule has 1 rings (SSSR count). The SMILES string of the molecule is C1CCOC1.CCCCCCCCCCCCCCCCCCOCCCCCCCCCCCCCCCCCC. The summed E-state index contributed by atoms with van der Waals surface area (Å²) in [5.41, 5.74) is 0. The van der Waals surface area contributed by atoms with Crippen LogP contribution in [0.5, 0.6) is 0 Å². The molecule has 0 amide bonds. The van der Waals surface area contributed by atoms with Crippen LogP contribution in [0.2, 0.25) is 0 Å². The van der Waals surface area contributed by atoms with Gasteiger partial charge in [-0.3, -0.25) is 0 Å². The Labute approximate surface area is 267 Å². The van der Waals surface area contributed by atoms with Crippen LogP contribution in [0.1, 0.15) is 232 Å². The third-order valence-electron chi connectivity index (χ3n) is 9.11. The molecular weight excluding hydrogens is 512 g/mol. The maximum absolute atomic E-state index is 5.87. The summed E-state index contributed by atoms with van der Waals surface area (Å²) in [4.78, 5) is 0. The summed E-state index contributed by atoms with van der Waals surface area (Å²) in [6, 6.07) is 0. The molecule has 0 radical (unpaired) electrons. The summed E-state index contributed by atoms with van der Waals surface area (Å²) in [6.45, 7) is 8.60. The van der Waals surface area contributed by atoms with E-state index in [2.05, 4.69) is 13.8 Å². The highest BCUT2D eigenvalue weighted by atomic mass is 16.5. The van der Waals surface area contributed by atoms with Gasteiger partial charge in [-0.15, -0.1) is 0 Å². The normalized spacial score (nSPS) is 13.0. The number of hydrogen-bond donors (Lipinski definition) is 0. The zero-order valence-corrected chi connectivity index (χ0v) is 29.7. The topological polar surface area (TPSA) is 18.5 Å². The molecule has 1 saturated heterocycles. The van der Waals surface area contributed by atoms with Crippen LogP contribution in [0, 0.1) is 0 Å². The second-order valence-electron chi connectivity index (χ2n) is 13.5. The van der Waals surface area contributed by atoms with Gasteiger partial charge in [0.25, 0.3) is 0 Å². The molecule has 0 aromatic carbocycles. The van der Waals surface area contributed by atoms with Crippen molar-refractivity contribution in [2.45, 2.75) is 232 Å². The first-order valence-corrected chi connectivity index (χ1v) is 20.1. The number of hydrogen-bond acceptors (Lipinski definition) is 2. The lowest BCUT2D eigenvalue weighted by atomic mass is 10.0. The minimum atomic E-state index is 0.997. The van der Waals surface area contributed by atoms with Crippen LogP contribution in [0.25, 0.3) is 0 Å². The van der Waals surface area contributed by atoms with Crippen molar-refractivity contribution in [2.75, 3.05) is 26.4 Å². The fourth-order valence-electron chi connectivity index (χ4n) is 6.12. The van der Waals surface area contributed by atoms with E-state index in [0.29, 0.717) is 0 Å². The molecule has 0 atom stereocenters. The third-order valence-corrected chi connectivity index (χ3v) is 9.11. The Morgan fingerprint density at radius 3 is 0.714 bits per heavy atom. The van der Waals surface area contributed by atoms with E-state index in [1.807, 2.05) is 0 Å². The van der Waals surface area contributed by atoms with Crippen LogP contribution in [0.4, 0.5) is 0 Å². The van der Waals surface area contributed by atoms with Crippen molar-refractivity contribution in [2.24, 2.45) is 0 Å².